The second-order valence-corrected chi connectivity index (χ2v) is 4.15. The van der Waals surface area contributed by atoms with Crippen LogP contribution in [0.1, 0.15) is 26.7 Å². The van der Waals surface area contributed by atoms with Gasteiger partial charge in [0.15, 0.2) is 0 Å². The zero-order valence-corrected chi connectivity index (χ0v) is 8.40. The van der Waals surface area contributed by atoms with Crippen molar-refractivity contribution >= 4 is 6.21 Å². The van der Waals surface area contributed by atoms with Crippen molar-refractivity contribution in [2.75, 3.05) is 0 Å². The van der Waals surface area contributed by atoms with E-state index in [1.54, 1.807) is 6.21 Å². The summed E-state index contributed by atoms with van der Waals surface area (Å²) >= 11 is 0. The Balaban J connectivity index is 2.54. The third-order valence-corrected chi connectivity index (χ3v) is 2.44. The molecule has 0 fully saturated rings. The molecule has 3 heteroatoms. The first-order chi connectivity index (χ1) is 6.04. The SMILES string of the molecule is CC(C)CCC1(N)C=CC=NC1N. The van der Waals surface area contributed by atoms with Gasteiger partial charge in [-0.2, -0.15) is 0 Å². The number of nitrogens with two attached hydrogens (primary N) is 2. The fraction of sp³-hybridized carbons (Fsp3) is 0.700. The maximum absolute atomic E-state index is 6.13. The van der Waals surface area contributed by atoms with Gasteiger partial charge in [-0.15, -0.1) is 0 Å². The molecule has 0 bridgehead atoms. The van der Waals surface area contributed by atoms with Crippen molar-refractivity contribution in [3.63, 3.8) is 0 Å². The molecule has 1 aliphatic heterocycles. The lowest BCUT2D eigenvalue weighted by atomic mass is 9.87. The van der Waals surface area contributed by atoms with Crippen LogP contribution in [0.3, 0.4) is 0 Å². The molecule has 2 atom stereocenters. The Hall–Kier alpha value is -0.670. The molecule has 0 saturated heterocycles. The smallest absolute Gasteiger partial charge is 0.119 e. The molecule has 13 heavy (non-hydrogen) atoms. The number of hydrogen-bond donors (Lipinski definition) is 2. The second-order valence-electron chi connectivity index (χ2n) is 4.15. The van der Waals surface area contributed by atoms with Crippen LogP contribution in [-0.2, 0) is 0 Å². The zero-order chi connectivity index (χ0) is 9.90. The van der Waals surface area contributed by atoms with Gasteiger partial charge >= 0.3 is 0 Å². The molecule has 0 saturated carbocycles. The predicted molar refractivity (Wildman–Crippen MR) is 56.6 cm³/mol. The fourth-order valence-electron chi connectivity index (χ4n) is 1.37. The van der Waals surface area contributed by atoms with Crippen molar-refractivity contribution in [3.05, 3.63) is 12.2 Å². The third kappa shape index (κ3) is 2.64. The second kappa shape index (κ2) is 4.03. The Morgan fingerprint density at radius 2 is 2.23 bits per heavy atom. The number of aliphatic imine (C=N–C) groups is 1. The number of hydrogen-bond acceptors (Lipinski definition) is 3. The molecular weight excluding hydrogens is 162 g/mol. The number of rotatable bonds is 3. The van der Waals surface area contributed by atoms with E-state index in [-0.39, 0.29) is 6.17 Å². The van der Waals surface area contributed by atoms with Gasteiger partial charge in [0.05, 0.1) is 5.54 Å². The van der Waals surface area contributed by atoms with Gasteiger partial charge in [-0.3, -0.25) is 4.99 Å². The summed E-state index contributed by atoms with van der Waals surface area (Å²) in [7, 11) is 0. The number of dihydropyridines is 1. The minimum atomic E-state index is -0.432. The van der Waals surface area contributed by atoms with E-state index in [1.807, 2.05) is 12.2 Å². The third-order valence-electron chi connectivity index (χ3n) is 2.44. The molecule has 0 aromatic heterocycles. The summed E-state index contributed by atoms with van der Waals surface area (Å²) in [6.45, 7) is 4.37. The molecule has 2 unspecified atom stereocenters. The topological polar surface area (TPSA) is 64.4 Å². The van der Waals surface area contributed by atoms with Gasteiger partial charge in [0, 0.05) is 6.21 Å². The molecule has 1 aliphatic rings. The van der Waals surface area contributed by atoms with Crippen molar-refractivity contribution in [2.24, 2.45) is 22.4 Å². The Morgan fingerprint density at radius 1 is 1.54 bits per heavy atom. The monoisotopic (exact) mass is 181 g/mol. The summed E-state index contributed by atoms with van der Waals surface area (Å²) in [4.78, 5) is 4.10. The highest BCUT2D eigenvalue weighted by atomic mass is 15.0. The summed E-state index contributed by atoms with van der Waals surface area (Å²) in [5.41, 5.74) is 11.5. The molecule has 74 valence electrons. The number of nitrogens with zero attached hydrogens (tertiary/aromatic N) is 1. The summed E-state index contributed by atoms with van der Waals surface area (Å²) in [6, 6.07) is 0. The van der Waals surface area contributed by atoms with Crippen LogP contribution in [-0.4, -0.2) is 17.9 Å². The Kier molecular flexibility index (Phi) is 3.22. The lowest BCUT2D eigenvalue weighted by Crippen LogP contribution is -2.54. The van der Waals surface area contributed by atoms with Gasteiger partial charge in [0.2, 0.25) is 0 Å². The van der Waals surface area contributed by atoms with Crippen LogP contribution >= 0.6 is 0 Å². The van der Waals surface area contributed by atoms with Gasteiger partial charge in [-0.1, -0.05) is 19.9 Å². The van der Waals surface area contributed by atoms with Gasteiger partial charge in [-0.05, 0) is 24.8 Å². The van der Waals surface area contributed by atoms with Crippen LogP contribution in [0.4, 0.5) is 0 Å². The van der Waals surface area contributed by atoms with E-state index in [0.717, 1.165) is 12.8 Å². The average molecular weight is 181 g/mol. The van der Waals surface area contributed by atoms with E-state index < -0.39 is 5.54 Å². The normalized spacial score (nSPS) is 32.8. The van der Waals surface area contributed by atoms with Crippen LogP contribution < -0.4 is 11.5 Å². The Morgan fingerprint density at radius 3 is 2.77 bits per heavy atom. The molecule has 0 spiro atoms. The summed E-state index contributed by atoms with van der Waals surface area (Å²) < 4.78 is 0. The lowest BCUT2D eigenvalue weighted by molar-refractivity contribution is 0.364. The van der Waals surface area contributed by atoms with Crippen molar-refractivity contribution in [2.45, 2.75) is 38.4 Å². The Labute approximate surface area is 79.9 Å². The molecule has 0 amide bonds. The largest absolute Gasteiger partial charge is 0.319 e. The van der Waals surface area contributed by atoms with Gasteiger partial charge < -0.3 is 11.5 Å². The molecule has 0 radical (unpaired) electrons. The van der Waals surface area contributed by atoms with E-state index in [0.29, 0.717) is 5.92 Å². The first-order valence-electron chi connectivity index (χ1n) is 4.80. The zero-order valence-electron chi connectivity index (χ0n) is 8.40. The molecule has 0 aliphatic carbocycles. The highest BCUT2D eigenvalue weighted by Crippen LogP contribution is 2.21. The summed E-state index contributed by atoms with van der Waals surface area (Å²) in [6.07, 6.45) is 7.27. The van der Waals surface area contributed by atoms with Gasteiger partial charge in [0.1, 0.15) is 6.17 Å². The molecular formula is C10H19N3. The molecule has 1 rings (SSSR count). The van der Waals surface area contributed by atoms with Crippen LogP contribution in [0.25, 0.3) is 0 Å². The summed E-state index contributed by atoms with van der Waals surface area (Å²) in [5.74, 6) is 0.659. The van der Waals surface area contributed by atoms with E-state index >= 15 is 0 Å². The first kappa shape index (κ1) is 10.4. The predicted octanol–water partition coefficient (Wildman–Crippen LogP) is 1.05. The van der Waals surface area contributed by atoms with Crippen molar-refractivity contribution in [1.82, 2.24) is 0 Å². The molecule has 0 aromatic carbocycles. The maximum Gasteiger partial charge on any atom is 0.119 e. The van der Waals surface area contributed by atoms with Gasteiger partial charge in [-0.25, -0.2) is 0 Å². The van der Waals surface area contributed by atoms with Crippen molar-refractivity contribution in [1.29, 1.82) is 0 Å². The van der Waals surface area contributed by atoms with E-state index in [4.69, 9.17) is 11.5 Å². The molecule has 3 nitrogen and oxygen atoms in total. The maximum atomic E-state index is 6.13. The fourth-order valence-corrected chi connectivity index (χ4v) is 1.37. The molecule has 1 heterocycles. The van der Waals surface area contributed by atoms with Crippen molar-refractivity contribution < 1.29 is 0 Å². The minimum absolute atomic E-state index is 0.281. The van der Waals surface area contributed by atoms with E-state index in [9.17, 15) is 0 Å². The lowest BCUT2D eigenvalue weighted by Gasteiger charge is -2.32. The first-order valence-corrected chi connectivity index (χ1v) is 4.80. The van der Waals surface area contributed by atoms with E-state index in [2.05, 4.69) is 18.8 Å². The van der Waals surface area contributed by atoms with Crippen molar-refractivity contribution in [3.8, 4) is 0 Å². The Bertz CT molecular complexity index is 220. The molecule has 0 aromatic rings. The van der Waals surface area contributed by atoms with Gasteiger partial charge in [0.25, 0.3) is 0 Å². The van der Waals surface area contributed by atoms with Crippen LogP contribution in [0.5, 0.6) is 0 Å². The average Bonchev–Trinajstić information content (AvgIpc) is 2.07. The standard InChI is InChI=1S/C10H19N3/c1-8(2)4-6-10(12)5-3-7-13-9(10)11/h3,5,7-9H,4,6,11-12H2,1-2H3. The molecule has 4 N–H and O–H groups in total. The minimum Gasteiger partial charge on any atom is -0.319 e. The van der Waals surface area contributed by atoms with Crippen LogP contribution in [0, 0.1) is 5.92 Å². The highest BCUT2D eigenvalue weighted by Gasteiger charge is 2.30. The summed E-state index contributed by atoms with van der Waals surface area (Å²) in [5, 5.41) is 0. The van der Waals surface area contributed by atoms with Crippen LogP contribution in [0.15, 0.2) is 17.1 Å². The van der Waals surface area contributed by atoms with Crippen LogP contribution in [0.2, 0.25) is 0 Å². The highest BCUT2D eigenvalue weighted by molar-refractivity contribution is 5.73. The number of allylic oxidation sites excluding steroid dienone is 1. The quantitative estimate of drug-likeness (QED) is 0.683. The van der Waals surface area contributed by atoms with E-state index in [1.165, 1.54) is 0 Å².